The van der Waals surface area contributed by atoms with Crippen molar-refractivity contribution >= 4 is 55.7 Å². The average molecular weight is 521 g/mol. The topological polar surface area (TPSA) is 89.0 Å². The number of amides is 1. The molecule has 5 rings (SSSR count). The van der Waals surface area contributed by atoms with Crippen LogP contribution in [0.2, 0.25) is 5.02 Å². The summed E-state index contributed by atoms with van der Waals surface area (Å²) in [6.07, 6.45) is 0. The van der Waals surface area contributed by atoms with Gasteiger partial charge in [-0.15, -0.1) is 0 Å². The standard InChI is InChI=1S/C27H21ClN2O5S/c1-14-7-9-19-21(11-14)36-27(29-19)30-23(15-5-4-6-17(12-15)34-2)22(25(32)26(30)33)24(31)16-8-10-20(35-3)18(28)13-16/h4-13,23,31H,1-3H3/b24-22+. The summed E-state index contributed by atoms with van der Waals surface area (Å²) in [6.45, 7) is 1.97. The number of Topliss-reactive ketones (excluding diaryl/α,β-unsaturated/α-hetero) is 1. The Hall–Kier alpha value is -3.88. The third-order valence-electron chi connectivity index (χ3n) is 6.02. The molecule has 36 heavy (non-hydrogen) atoms. The number of aliphatic hydroxyl groups excluding tert-OH is 1. The lowest BCUT2D eigenvalue weighted by Gasteiger charge is -2.23. The molecule has 1 atom stereocenters. The first-order valence-electron chi connectivity index (χ1n) is 11.0. The fraction of sp³-hybridized carbons (Fsp3) is 0.148. The number of ketones is 1. The third-order valence-corrected chi connectivity index (χ3v) is 7.33. The van der Waals surface area contributed by atoms with E-state index >= 15 is 0 Å². The normalized spacial score (nSPS) is 17.1. The first-order valence-corrected chi connectivity index (χ1v) is 12.2. The Bertz CT molecular complexity index is 1560. The Morgan fingerprint density at radius 1 is 1.06 bits per heavy atom. The number of ether oxygens (including phenoxy) is 2. The molecular weight excluding hydrogens is 500 g/mol. The molecule has 9 heteroatoms. The first-order chi connectivity index (χ1) is 17.3. The maximum absolute atomic E-state index is 13.4. The molecule has 0 spiro atoms. The molecule has 1 aliphatic rings. The molecule has 0 saturated carbocycles. The summed E-state index contributed by atoms with van der Waals surface area (Å²) in [5.41, 5.74) is 2.58. The number of anilines is 1. The molecule has 1 unspecified atom stereocenters. The number of aliphatic hydroxyl groups is 1. The summed E-state index contributed by atoms with van der Waals surface area (Å²) >= 11 is 7.58. The van der Waals surface area contributed by atoms with Crippen LogP contribution in [0.4, 0.5) is 5.13 Å². The number of hydrogen-bond donors (Lipinski definition) is 1. The number of benzene rings is 3. The fourth-order valence-corrected chi connectivity index (χ4v) is 5.60. The van der Waals surface area contributed by atoms with Crippen molar-refractivity contribution in [3.8, 4) is 11.5 Å². The van der Waals surface area contributed by atoms with Gasteiger partial charge >= 0.3 is 5.91 Å². The highest BCUT2D eigenvalue weighted by Gasteiger charge is 2.48. The molecular formula is C27H21ClN2O5S. The zero-order valence-corrected chi connectivity index (χ0v) is 21.2. The molecule has 1 N–H and O–H groups in total. The highest BCUT2D eigenvalue weighted by Crippen LogP contribution is 2.45. The first kappa shape index (κ1) is 23.8. The second-order valence-electron chi connectivity index (χ2n) is 8.26. The third kappa shape index (κ3) is 3.98. The van der Waals surface area contributed by atoms with E-state index in [2.05, 4.69) is 4.98 Å². The van der Waals surface area contributed by atoms with Crippen molar-refractivity contribution in [2.24, 2.45) is 0 Å². The van der Waals surface area contributed by atoms with E-state index in [9.17, 15) is 14.7 Å². The second kappa shape index (κ2) is 9.29. The van der Waals surface area contributed by atoms with Crippen LogP contribution in [0, 0.1) is 6.92 Å². The summed E-state index contributed by atoms with van der Waals surface area (Å²) in [5.74, 6) is -0.971. The number of aromatic nitrogens is 1. The van der Waals surface area contributed by atoms with Crippen LogP contribution in [-0.4, -0.2) is 36.0 Å². The number of nitrogens with zero attached hydrogens (tertiary/aromatic N) is 2. The van der Waals surface area contributed by atoms with E-state index in [1.807, 2.05) is 25.1 Å². The number of methoxy groups -OCH3 is 2. The lowest BCUT2D eigenvalue weighted by Crippen LogP contribution is -2.29. The molecule has 7 nitrogen and oxygen atoms in total. The zero-order valence-electron chi connectivity index (χ0n) is 19.6. The highest BCUT2D eigenvalue weighted by molar-refractivity contribution is 7.22. The average Bonchev–Trinajstić information content (AvgIpc) is 3.41. The van der Waals surface area contributed by atoms with E-state index < -0.39 is 17.7 Å². The number of carbonyl (C=O) groups is 2. The summed E-state index contributed by atoms with van der Waals surface area (Å²) in [5, 5.41) is 11.9. The van der Waals surface area contributed by atoms with Gasteiger partial charge in [0.25, 0.3) is 5.78 Å². The van der Waals surface area contributed by atoms with Gasteiger partial charge in [0.05, 0.1) is 41.1 Å². The summed E-state index contributed by atoms with van der Waals surface area (Å²) in [4.78, 5) is 32.8. The molecule has 1 aromatic heterocycles. The molecule has 0 bridgehead atoms. The van der Waals surface area contributed by atoms with Crippen LogP contribution < -0.4 is 14.4 Å². The number of aryl methyl sites for hydroxylation is 1. The molecule has 1 saturated heterocycles. The number of halogens is 1. The Kier molecular flexibility index (Phi) is 6.15. The van der Waals surface area contributed by atoms with Crippen molar-refractivity contribution in [3.63, 3.8) is 0 Å². The summed E-state index contributed by atoms with van der Waals surface area (Å²) in [7, 11) is 3.01. The SMILES string of the molecule is COc1cccc(C2/C(=C(\O)c3ccc(OC)c(Cl)c3)C(=O)C(=O)N2c2nc3ccc(C)cc3s2)c1. The molecule has 4 aromatic rings. The van der Waals surface area contributed by atoms with Gasteiger partial charge in [-0.2, -0.15) is 0 Å². The van der Waals surface area contributed by atoms with Crippen LogP contribution in [0.25, 0.3) is 16.0 Å². The van der Waals surface area contributed by atoms with E-state index in [4.69, 9.17) is 21.1 Å². The molecule has 1 amide bonds. The van der Waals surface area contributed by atoms with Gasteiger partial charge in [-0.05, 0) is 60.5 Å². The molecule has 3 aromatic carbocycles. The van der Waals surface area contributed by atoms with E-state index in [1.54, 1.807) is 36.4 Å². The molecule has 0 radical (unpaired) electrons. The van der Waals surface area contributed by atoms with Crippen LogP contribution in [0.1, 0.15) is 22.7 Å². The van der Waals surface area contributed by atoms with Crippen molar-refractivity contribution in [1.29, 1.82) is 0 Å². The van der Waals surface area contributed by atoms with Crippen LogP contribution in [0.5, 0.6) is 11.5 Å². The molecule has 0 aliphatic carbocycles. The predicted molar refractivity (Wildman–Crippen MR) is 140 cm³/mol. The molecule has 182 valence electrons. The largest absolute Gasteiger partial charge is 0.507 e. The Labute approximate surface area is 216 Å². The van der Waals surface area contributed by atoms with Gasteiger partial charge < -0.3 is 14.6 Å². The van der Waals surface area contributed by atoms with Crippen LogP contribution in [0.3, 0.4) is 0 Å². The van der Waals surface area contributed by atoms with E-state index in [0.717, 1.165) is 10.3 Å². The van der Waals surface area contributed by atoms with Gasteiger partial charge in [0.1, 0.15) is 17.3 Å². The summed E-state index contributed by atoms with van der Waals surface area (Å²) < 4.78 is 11.5. The summed E-state index contributed by atoms with van der Waals surface area (Å²) in [6, 6.07) is 16.6. The van der Waals surface area contributed by atoms with Crippen molar-refractivity contribution < 1.29 is 24.2 Å². The van der Waals surface area contributed by atoms with Crippen molar-refractivity contribution in [3.05, 3.63) is 87.9 Å². The lowest BCUT2D eigenvalue weighted by molar-refractivity contribution is -0.132. The van der Waals surface area contributed by atoms with Crippen LogP contribution in [-0.2, 0) is 9.59 Å². The number of thiazole rings is 1. The highest BCUT2D eigenvalue weighted by atomic mass is 35.5. The van der Waals surface area contributed by atoms with E-state index in [1.165, 1.54) is 36.5 Å². The van der Waals surface area contributed by atoms with Crippen molar-refractivity contribution in [2.45, 2.75) is 13.0 Å². The maximum atomic E-state index is 13.4. The number of rotatable bonds is 5. The Morgan fingerprint density at radius 2 is 1.86 bits per heavy atom. The number of carbonyl (C=O) groups excluding carboxylic acids is 2. The second-order valence-corrected chi connectivity index (χ2v) is 9.68. The minimum atomic E-state index is -0.928. The number of fused-ring (bicyclic) bond motifs is 1. The Balaban J connectivity index is 1.73. The molecule has 1 fully saturated rings. The van der Waals surface area contributed by atoms with E-state index in [-0.39, 0.29) is 21.9 Å². The monoisotopic (exact) mass is 520 g/mol. The quantitative estimate of drug-likeness (QED) is 0.200. The van der Waals surface area contributed by atoms with Gasteiger partial charge in [0, 0.05) is 5.56 Å². The van der Waals surface area contributed by atoms with Gasteiger partial charge in [-0.3, -0.25) is 14.5 Å². The van der Waals surface area contributed by atoms with Gasteiger partial charge in [-0.25, -0.2) is 4.98 Å². The van der Waals surface area contributed by atoms with Crippen molar-refractivity contribution in [1.82, 2.24) is 4.98 Å². The maximum Gasteiger partial charge on any atom is 0.301 e. The lowest BCUT2D eigenvalue weighted by atomic mass is 9.95. The number of hydrogen-bond acceptors (Lipinski definition) is 7. The predicted octanol–water partition coefficient (Wildman–Crippen LogP) is 5.90. The Morgan fingerprint density at radius 3 is 2.58 bits per heavy atom. The van der Waals surface area contributed by atoms with Crippen LogP contribution >= 0.6 is 22.9 Å². The van der Waals surface area contributed by atoms with Crippen LogP contribution in [0.15, 0.2) is 66.2 Å². The van der Waals surface area contributed by atoms with Crippen molar-refractivity contribution in [2.75, 3.05) is 19.1 Å². The smallest absolute Gasteiger partial charge is 0.301 e. The van der Waals surface area contributed by atoms with Gasteiger partial charge in [-0.1, -0.05) is 41.1 Å². The zero-order chi connectivity index (χ0) is 25.6. The molecule has 1 aliphatic heterocycles. The minimum absolute atomic E-state index is 0.0649. The fourth-order valence-electron chi connectivity index (χ4n) is 4.25. The van der Waals surface area contributed by atoms with E-state index in [0.29, 0.717) is 27.7 Å². The minimum Gasteiger partial charge on any atom is -0.507 e. The van der Waals surface area contributed by atoms with Gasteiger partial charge in [0.2, 0.25) is 0 Å². The van der Waals surface area contributed by atoms with Gasteiger partial charge in [0.15, 0.2) is 5.13 Å². The molecule has 2 heterocycles.